The van der Waals surface area contributed by atoms with Gasteiger partial charge in [0.05, 0.1) is 6.42 Å². The summed E-state index contributed by atoms with van der Waals surface area (Å²) < 4.78 is 5.68. The number of carboxylic acid groups (broad SMARTS) is 1. The zero-order chi connectivity index (χ0) is 15.1. The van der Waals surface area contributed by atoms with Crippen molar-refractivity contribution in [1.82, 2.24) is 0 Å². The molecule has 0 N–H and O–H groups in total. The van der Waals surface area contributed by atoms with Crippen LogP contribution in [-0.2, 0) is 14.3 Å². The molecule has 0 aromatic heterocycles. The molecule has 0 aliphatic heterocycles. The Morgan fingerprint density at radius 2 is 1.57 bits per heavy atom. The first-order valence-electron chi connectivity index (χ1n) is 7.86. The van der Waals surface area contributed by atoms with Gasteiger partial charge in [-0.05, 0) is 56.8 Å². The molecule has 21 heavy (non-hydrogen) atoms. The van der Waals surface area contributed by atoms with E-state index in [1.807, 2.05) is 0 Å². The maximum absolute atomic E-state index is 11.9. The van der Waals surface area contributed by atoms with Crippen LogP contribution >= 0.6 is 0 Å². The average molecular weight is 291 g/mol. The van der Waals surface area contributed by atoms with E-state index in [1.54, 1.807) is 0 Å². The lowest BCUT2D eigenvalue weighted by molar-refractivity contribution is -0.305. The highest BCUT2D eigenvalue weighted by Gasteiger charge is 2.32. The van der Waals surface area contributed by atoms with E-state index in [-0.39, 0.29) is 18.9 Å². The van der Waals surface area contributed by atoms with Crippen LogP contribution in [0, 0.1) is 11.8 Å². The maximum Gasteiger partial charge on any atom is 0.306 e. The summed E-state index contributed by atoms with van der Waals surface area (Å²) in [4.78, 5) is 22.3. The van der Waals surface area contributed by atoms with E-state index in [9.17, 15) is 14.7 Å². The van der Waals surface area contributed by atoms with Gasteiger partial charge in [-0.3, -0.25) is 4.79 Å². The van der Waals surface area contributed by atoms with Gasteiger partial charge in [-0.15, -0.1) is 0 Å². The summed E-state index contributed by atoms with van der Waals surface area (Å²) in [6.45, 7) is 0. The summed E-state index contributed by atoms with van der Waals surface area (Å²) in [5.41, 5.74) is 0. The monoisotopic (exact) mass is 291 g/mol. The minimum atomic E-state index is -1.20. The largest absolute Gasteiger partial charge is 0.550 e. The number of allylic oxidation sites excluding steroid dienone is 4. The van der Waals surface area contributed by atoms with Gasteiger partial charge in [0, 0.05) is 5.97 Å². The normalized spacial score (nSPS) is 26.3. The molecule has 116 valence electrons. The van der Waals surface area contributed by atoms with Crippen molar-refractivity contribution >= 4 is 11.9 Å². The molecule has 2 atom stereocenters. The van der Waals surface area contributed by atoms with Crippen molar-refractivity contribution in [3.8, 4) is 0 Å². The summed E-state index contributed by atoms with van der Waals surface area (Å²) in [5, 5.41) is 10.5. The van der Waals surface area contributed by atoms with Gasteiger partial charge in [-0.25, -0.2) is 0 Å². The fourth-order valence-electron chi connectivity index (χ4n) is 3.22. The highest BCUT2D eigenvalue weighted by molar-refractivity contribution is 5.75. The van der Waals surface area contributed by atoms with Gasteiger partial charge in [-0.1, -0.05) is 24.3 Å². The SMILES string of the molecule is O=C([O-])CCC(=O)OC(C1CC=CCC1)C1CC=CCC1. The molecule has 0 radical (unpaired) electrons. The van der Waals surface area contributed by atoms with Crippen molar-refractivity contribution in [3.63, 3.8) is 0 Å². The van der Waals surface area contributed by atoms with Gasteiger partial charge in [-0.2, -0.15) is 0 Å². The first-order valence-corrected chi connectivity index (χ1v) is 7.86. The molecule has 4 heteroatoms. The lowest BCUT2D eigenvalue weighted by Gasteiger charge is -2.34. The lowest BCUT2D eigenvalue weighted by atomic mass is 9.78. The summed E-state index contributed by atoms with van der Waals surface area (Å²) in [6, 6.07) is 0. The lowest BCUT2D eigenvalue weighted by Crippen LogP contribution is -2.35. The van der Waals surface area contributed by atoms with Gasteiger partial charge in [0.15, 0.2) is 0 Å². The van der Waals surface area contributed by atoms with Crippen molar-refractivity contribution in [2.24, 2.45) is 11.8 Å². The van der Waals surface area contributed by atoms with Crippen LogP contribution < -0.4 is 5.11 Å². The average Bonchev–Trinajstić information content (AvgIpc) is 2.52. The Morgan fingerprint density at radius 3 is 2.00 bits per heavy atom. The van der Waals surface area contributed by atoms with Gasteiger partial charge >= 0.3 is 5.97 Å². The Bertz CT molecular complexity index is 401. The summed E-state index contributed by atoms with van der Waals surface area (Å²) >= 11 is 0. The molecular formula is C17H23O4-. The second kappa shape index (κ2) is 8.01. The predicted octanol–water partition coefficient (Wildman–Crippen LogP) is 2.14. The number of ether oxygens (including phenoxy) is 1. The van der Waals surface area contributed by atoms with Gasteiger partial charge < -0.3 is 14.6 Å². The maximum atomic E-state index is 11.9. The van der Waals surface area contributed by atoms with Crippen molar-refractivity contribution in [1.29, 1.82) is 0 Å². The Morgan fingerprint density at radius 1 is 1.00 bits per heavy atom. The minimum absolute atomic E-state index is 0.0887. The van der Waals surface area contributed by atoms with Crippen LogP contribution in [0.3, 0.4) is 0 Å². The predicted molar refractivity (Wildman–Crippen MR) is 77.1 cm³/mol. The number of aliphatic carboxylic acids is 1. The number of esters is 1. The molecule has 2 aliphatic rings. The van der Waals surface area contributed by atoms with E-state index in [2.05, 4.69) is 24.3 Å². The third kappa shape index (κ3) is 5.03. The molecular weight excluding hydrogens is 268 g/mol. The van der Waals surface area contributed by atoms with Crippen LogP contribution in [0.2, 0.25) is 0 Å². The molecule has 0 aromatic rings. The zero-order valence-electron chi connectivity index (χ0n) is 12.3. The first-order chi connectivity index (χ1) is 10.2. The summed E-state index contributed by atoms with van der Waals surface area (Å²) in [7, 11) is 0. The van der Waals surface area contributed by atoms with Crippen LogP contribution in [0.25, 0.3) is 0 Å². The van der Waals surface area contributed by atoms with Crippen LogP contribution in [0.15, 0.2) is 24.3 Å². The Labute approximate surface area is 125 Å². The van der Waals surface area contributed by atoms with E-state index in [0.29, 0.717) is 11.8 Å². The standard InChI is InChI=1S/C17H24O4/c18-15(19)11-12-16(20)21-17(13-7-3-1-4-8-13)14-9-5-2-6-10-14/h1-3,5,13-14,17H,4,6-12H2,(H,18,19)/p-1. The molecule has 0 heterocycles. The number of hydrogen-bond acceptors (Lipinski definition) is 4. The number of carboxylic acids is 1. The van der Waals surface area contributed by atoms with Crippen LogP contribution in [0.5, 0.6) is 0 Å². The smallest absolute Gasteiger partial charge is 0.306 e. The molecule has 0 aromatic carbocycles. The number of hydrogen-bond donors (Lipinski definition) is 0. The van der Waals surface area contributed by atoms with Gasteiger partial charge in [0.1, 0.15) is 6.10 Å². The molecule has 0 spiro atoms. The van der Waals surface area contributed by atoms with E-state index in [4.69, 9.17) is 4.74 Å². The number of carbonyl (C=O) groups is 2. The van der Waals surface area contributed by atoms with E-state index in [1.165, 1.54) is 0 Å². The topological polar surface area (TPSA) is 66.4 Å². The highest BCUT2D eigenvalue weighted by atomic mass is 16.5. The molecule has 2 rings (SSSR count). The fraction of sp³-hybridized carbons (Fsp3) is 0.647. The van der Waals surface area contributed by atoms with E-state index >= 15 is 0 Å². The number of carbonyl (C=O) groups excluding carboxylic acids is 2. The van der Waals surface area contributed by atoms with Crippen LogP contribution in [-0.4, -0.2) is 18.0 Å². The van der Waals surface area contributed by atoms with E-state index in [0.717, 1.165) is 38.5 Å². The first kappa shape index (κ1) is 15.8. The van der Waals surface area contributed by atoms with Crippen LogP contribution in [0.1, 0.15) is 51.4 Å². The molecule has 2 aliphatic carbocycles. The Kier molecular flexibility index (Phi) is 6.03. The molecule has 0 saturated carbocycles. The number of rotatable bonds is 6. The second-order valence-electron chi connectivity index (χ2n) is 5.92. The molecule has 4 nitrogen and oxygen atoms in total. The van der Waals surface area contributed by atoms with E-state index < -0.39 is 11.9 Å². The molecule has 0 saturated heterocycles. The van der Waals surface area contributed by atoms with Crippen molar-refractivity contribution in [3.05, 3.63) is 24.3 Å². The highest BCUT2D eigenvalue weighted by Crippen LogP contribution is 2.34. The third-order valence-corrected chi connectivity index (χ3v) is 4.35. The van der Waals surface area contributed by atoms with Crippen molar-refractivity contribution in [2.45, 2.75) is 57.5 Å². The Balaban J connectivity index is 1.97. The summed E-state index contributed by atoms with van der Waals surface area (Å²) in [5.74, 6) is -0.894. The summed E-state index contributed by atoms with van der Waals surface area (Å²) in [6.07, 6.45) is 14.2. The van der Waals surface area contributed by atoms with Crippen LogP contribution in [0.4, 0.5) is 0 Å². The third-order valence-electron chi connectivity index (χ3n) is 4.35. The fourth-order valence-corrected chi connectivity index (χ4v) is 3.22. The van der Waals surface area contributed by atoms with Crippen molar-refractivity contribution < 1.29 is 19.4 Å². The minimum Gasteiger partial charge on any atom is -0.550 e. The molecule has 0 amide bonds. The van der Waals surface area contributed by atoms with Gasteiger partial charge in [0.2, 0.25) is 0 Å². The van der Waals surface area contributed by atoms with Gasteiger partial charge in [0.25, 0.3) is 0 Å². The Hall–Kier alpha value is -1.58. The zero-order valence-corrected chi connectivity index (χ0v) is 12.3. The second-order valence-corrected chi connectivity index (χ2v) is 5.92. The molecule has 0 fully saturated rings. The quantitative estimate of drug-likeness (QED) is 0.555. The molecule has 0 bridgehead atoms. The molecule has 2 unspecified atom stereocenters. The van der Waals surface area contributed by atoms with Crippen molar-refractivity contribution in [2.75, 3.05) is 0 Å².